The minimum absolute atomic E-state index is 0.156. The summed E-state index contributed by atoms with van der Waals surface area (Å²) in [7, 11) is 1.63. The number of aromatic nitrogens is 2. The van der Waals surface area contributed by atoms with Crippen LogP contribution in [0.15, 0.2) is 22.7 Å². The number of hydrogen-bond donors (Lipinski definition) is 1. The van der Waals surface area contributed by atoms with Gasteiger partial charge in [0.1, 0.15) is 6.10 Å². The number of anilines is 1. The van der Waals surface area contributed by atoms with Crippen LogP contribution >= 0.6 is 0 Å². The van der Waals surface area contributed by atoms with Crippen molar-refractivity contribution in [3.8, 4) is 11.5 Å². The molecule has 3 rings (SSSR count). The van der Waals surface area contributed by atoms with Crippen LogP contribution in [0.3, 0.4) is 0 Å². The summed E-state index contributed by atoms with van der Waals surface area (Å²) in [6, 6.07) is 6.20. The van der Waals surface area contributed by atoms with Crippen molar-refractivity contribution in [3.63, 3.8) is 0 Å². The second-order valence-electron chi connectivity index (χ2n) is 4.74. The summed E-state index contributed by atoms with van der Waals surface area (Å²) in [4.78, 5) is 4.38. The van der Waals surface area contributed by atoms with E-state index in [1.54, 1.807) is 7.11 Å². The first-order valence-electron chi connectivity index (χ1n) is 6.51. The molecule has 0 saturated heterocycles. The van der Waals surface area contributed by atoms with Gasteiger partial charge in [0.15, 0.2) is 0 Å². The largest absolute Gasteiger partial charge is 0.385 e. The standard InChI is InChI=1S/C14H17N3O2/c1-9(18-2)13-16-14(19-17-13)11-5-6-12-10(8-11)4-3-7-15-12/h5-6,8-9,15H,3-4,7H2,1-2H3. The van der Waals surface area contributed by atoms with Crippen LogP contribution in [0, 0.1) is 0 Å². The molecule has 1 aliphatic heterocycles. The third-order valence-electron chi connectivity index (χ3n) is 3.45. The molecule has 1 unspecified atom stereocenters. The molecule has 1 aliphatic rings. The molecule has 0 fully saturated rings. The summed E-state index contributed by atoms with van der Waals surface area (Å²) in [5.41, 5.74) is 3.48. The third kappa shape index (κ3) is 2.33. The minimum Gasteiger partial charge on any atom is -0.385 e. The van der Waals surface area contributed by atoms with Gasteiger partial charge < -0.3 is 14.6 Å². The number of aryl methyl sites for hydroxylation is 1. The van der Waals surface area contributed by atoms with Gasteiger partial charge in [0.2, 0.25) is 5.82 Å². The molecule has 1 aromatic carbocycles. The lowest BCUT2D eigenvalue weighted by Gasteiger charge is -2.17. The van der Waals surface area contributed by atoms with Crippen molar-refractivity contribution < 1.29 is 9.26 Å². The average Bonchev–Trinajstić information content (AvgIpc) is 2.95. The van der Waals surface area contributed by atoms with Gasteiger partial charge in [-0.3, -0.25) is 0 Å². The Kier molecular flexibility index (Phi) is 3.21. The Labute approximate surface area is 112 Å². The van der Waals surface area contributed by atoms with E-state index in [1.165, 1.54) is 11.3 Å². The molecule has 0 radical (unpaired) electrons. The molecule has 5 heteroatoms. The molecular formula is C14H17N3O2. The monoisotopic (exact) mass is 259 g/mol. The van der Waals surface area contributed by atoms with Crippen molar-refractivity contribution in [2.24, 2.45) is 0 Å². The summed E-state index contributed by atoms with van der Waals surface area (Å²) >= 11 is 0. The highest BCUT2D eigenvalue weighted by atomic mass is 16.5. The molecule has 2 heterocycles. The molecule has 100 valence electrons. The molecule has 1 N–H and O–H groups in total. The van der Waals surface area contributed by atoms with E-state index in [4.69, 9.17) is 9.26 Å². The van der Waals surface area contributed by atoms with Gasteiger partial charge in [0.05, 0.1) is 0 Å². The molecule has 0 bridgehead atoms. The van der Waals surface area contributed by atoms with E-state index >= 15 is 0 Å². The summed E-state index contributed by atoms with van der Waals surface area (Å²) in [6.07, 6.45) is 2.09. The minimum atomic E-state index is -0.156. The number of nitrogens with zero attached hydrogens (tertiary/aromatic N) is 2. The Hall–Kier alpha value is -1.88. The number of fused-ring (bicyclic) bond motifs is 1. The third-order valence-corrected chi connectivity index (χ3v) is 3.45. The highest BCUT2D eigenvalue weighted by molar-refractivity contribution is 5.63. The van der Waals surface area contributed by atoms with Gasteiger partial charge in [0, 0.05) is 24.9 Å². The van der Waals surface area contributed by atoms with Crippen LogP contribution in [0.25, 0.3) is 11.5 Å². The summed E-state index contributed by atoms with van der Waals surface area (Å²) < 4.78 is 10.5. The fourth-order valence-electron chi connectivity index (χ4n) is 2.23. The smallest absolute Gasteiger partial charge is 0.258 e. The van der Waals surface area contributed by atoms with Crippen LogP contribution < -0.4 is 5.32 Å². The second kappa shape index (κ2) is 5.01. The van der Waals surface area contributed by atoms with E-state index < -0.39 is 0 Å². The highest BCUT2D eigenvalue weighted by Gasteiger charge is 2.16. The lowest BCUT2D eigenvalue weighted by Crippen LogP contribution is -2.11. The van der Waals surface area contributed by atoms with Gasteiger partial charge in [-0.1, -0.05) is 5.16 Å². The number of methoxy groups -OCH3 is 1. The first kappa shape index (κ1) is 12.2. The Morgan fingerprint density at radius 3 is 3.16 bits per heavy atom. The number of ether oxygens (including phenoxy) is 1. The molecule has 0 saturated carbocycles. The van der Waals surface area contributed by atoms with E-state index in [0.29, 0.717) is 11.7 Å². The highest BCUT2D eigenvalue weighted by Crippen LogP contribution is 2.28. The van der Waals surface area contributed by atoms with Crippen molar-refractivity contribution >= 4 is 5.69 Å². The zero-order valence-electron chi connectivity index (χ0n) is 11.1. The van der Waals surface area contributed by atoms with Crippen LogP contribution in [-0.2, 0) is 11.2 Å². The number of rotatable bonds is 3. The molecule has 2 aromatic rings. The number of benzene rings is 1. The van der Waals surface area contributed by atoms with Gasteiger partial charge >= 0.3 is 0 Å². The Morgan fingerprint density at radius 1 is 1.42 bits per heavy atom. The Bertz CT molecular complexity index is 580. The summed E-state index contributed by atoms with van der Waals surface area (Å²) in [5.74, 6) is 1.13. The van der Waals surface area contributed by atoms with Gasteiger partial charge in [-0.25, -0.2) is 0 Å². The van der Waals surface area contributed by atoms with Gasteiger partial charge in [-0.2, -0.15) is 4.98 Å². The summed E-state index contributed by atoms with van der Waals surface area (Å²) in [6.45, 7) is 2.94. The van der Waals surface area contributed by atoms with Crippen LogP contribution in [0.4, 0.5) is 5.69 Å². The van der Waals surface area contributed by atoms with Crippen molar-refractivity contribution in [2.45, 2.75) is 25.9 Å². The molecule has 5 nitrogen and oxygen atoms in total. The van der Waals surface area contributed by atoms with E-state index in [1.807, 2.05) is 13.0 Å². The molecule has 1 atom stereocenters. The van der Waals surface area contributed by atoms with Crippen molar-refractivity contribution in [1.29, 1.82) is 0 Å². The fraction of sp³-hybridized carbons (Fsp3) is 0.429. The van der Waals surface area contributed by atoms with E-state index in [9.17, 15) is 0 Å². The van der Waals surface area contributed by atoms with Crippen LogP contribution in [0.2, 0.25) is 0 Å². The molecule has 0 spiro atoms. The molecule has 0 aliphatic carbocycles. The maximum Gasteiger partial charge on any atom is 0.258 e. The van der Waals surface area contributed by atoms with Crippen molar-refractivity contribution in [1.82, 2.24) is 10.1 Å². The van der Waals surface area contributed by atoms with Gasteiger partial charge in [0.25, 0.3) is 5.89 Å². The van der Waals surface area contributed by atoms with E-state index in [2.05, 4.69) is 27.6 Å². The predicted molar refractivity (Wildman–Crippen MR) is 72.0 cm³/mol. The molecular weight excluding hydrogens is 242 g/mol. The Morgan fingerprint density at radius 2 is 2.32 bits per heavy atom. The lowest BCUT2D eigenvalue weighted by molar-refractivity contribution is 0.109. The normalized spacial score (nSPS) is 15.7. The molecule has 19 heavy (non-hydrogen) atoms. The first-order valence-corrected chi connectivity index (χ1v) is 6.51. The van der Waals surface area contributed by atoms with E-state index in [0.717, 1.165) is 24.9 Å². The quantitative estimate of drug-likeness (QED) is 0.918. The molecule has 1 aromatic heterocycles. The lowest BCUT2D eigenvalue weighted by atomic mass is 10.0. The Balaban J connectivity index is 1.91. The SMILES string of the molecule is COC(C)c1noc(-c2ccc3c(c2)CCCN3)n1. The van der Waals surface area contributed by atoms with Crippen LogP contribution in [0.1, 0.15) is 30.8 Å². The van der Waals surface area contributed by atoms with Gasteiger partial charge in [-0.05, 0) is 43.5 Å². The zero-order valence-corrected chi connectivity index (χ0v) is 11.1. The summed E-state index contributed by atoms with van der Waals surface area (Å²) in [5, 5.41) is 7.34. The first-order chi connectivity index (χ1) is 9.28. The maximum absolute atomic E-state index is 5.30. The maximum atomic E-state index is 5.30. The van der Waals surface area contributed by atoms with Crippen molar-refractivity contribution in [3.05, 3.63) is 29.6 Å². The average molecular weight is 259 g/mol. The predicted octanol–water partition coefficient (Wildman–Crippen LogP) is 2.80. The van der Waals surface area contributed by atoms with E-state index in [-0.39, 0.29) is 6.10 Å². The number of hydrogen-bond acceptors (Lipinski definition) is 5. The zero-order chi connectivity index (χ0) is 13.2. The van der Waals surface area contributed by atoms with Crippen molar-refractivity contribution in [2.75, 3.05) is 19.0 Å². The van der Waals surface area contributed by atoms with Crippen LogP contribution in [-0.4, -0.2) is 23.8 Å². The molecule has 0 amide bonds. The number of nitrogens with one attached hydrogen (secondary N) is 1. The fourth-order valence-corrected chi connectivity index (χ4v) is 2.23. The van der Waals surface area contributed by atoms with Crippen LogP contribution in [0.5, 0.6) is 0 Å². The van der Waals surface area contributed by atoms with Gasteiger partial charge in [-0.15, -0.1) is 0 Å². The second-order valence-corrected chi connectivity index (χ2v) is 4.74. The topological polar surface area (TPSA) is 60.2 Å².